The van der Waals surface area contributed by atoms with E-state index in [1.165, 1.54) is 14.2 Å². The van der Waals surface area contributed by atoms with E-state index in [1.807, 2.05) is 0 Å². The predicted molar refractivity (Wildman–Crippen MR) is 69.4 cm³/mol. The topological polar surface area (TPSA) is 71.0 Å². The zero-order valence-electron chi connectivity index (χ0n) is 11.4. The van der Waals surface area contributed by atoms with E-state index in [0.29, 0.717) is 17.1 Å². The Labute approximate surface area is 116 Å². The maximum atomic E-state index is 12.8. The van der Waals surface area contributed by atoms with Crippen molar-refractivity contribution in [2.24, 2.45) is 0 Å². The number of alkyl halides is 2. The highest BCUT2D eigenvalue weighted by atomic mass is 19.3. The van der Waals surface area contributed by atoms with E-state index in [4.69, 9.17) is 14.6 Å². The third kappa shape index (κ3) is 4.59. The molecule has 1 unspecified atom stereocenters. The number of aliphatic hydroxyl groups is 2. The second-order valence-electron chi connectivity index (χ2n) is 4.27. The average molecular weight is 291 g/mol. The van der Waals surface area contributed by atoms with Gasteiger partial charge in [-0.3, -0.25) is 0 Å². The van der Waals surface area contributed by atoms with Gasteiger partial charge in [-0.15, -0.1) is 0 Å². The molecule has 1 aromatic carbocycles. The molecule has 0 spiro atoms. The van der Waals surface area contributed by atoms with Crippen LogP contribution in [-0.4, -0.2) is 50.1 Å². The quantitative estimate of drug-likeness (QED) is 0.665. The van der Waals surface area contributed by atoms with Crippen molar-refractivity contribution in [3.05, 3.63) is 23.8 Å². The van der Waals surface area contributed by atoms with Crippen LogP contribution in [0.15, 0.2) is 18.2 Å². The maximum absolute atomic E-state index is 12.8. The summed E-state index contributed by atoms with van der Waals surface area (Å²) in [6.45, 7) is -2.05. The van der Waals surface area contributed by atoms with Gasteiger partial charge in [0.2, 0.25) is 0 Å². The normalized spacial score (nSPS) is 13.1. The molecular weight excluding hydrogens is 272 g/mol. The predicted octanol–water partition coefficient (Wildman–Crippen LogP) is 0.954. The van der Waals surface area contributed by atoms with E-state index < -0.39 is 25.2 Å². The molecule has 7 heteroatoms. The molecule has 0 aliphatic carbocycles. The van der Waals surface area contributed by atoms with Crippen molar-refractivity contribution in [1.29, 1.82) is 0 Å². The number of benzene rings is 1. The minimum atomic E-state index is -3.21. The van der Waals surface area contributed by atoms with Gasteiger partial charge in [0.15, 0.2) is 0 Å². The number of hydrogen-bond donors (Lipinski definition) is 3. The van der Waals surface area contributed by atoms with Crippen LogP contribution in [0, 0.1) is 0 Å². The van der Waals surface area contributed by atoms with Gasteiger partial charge in [0.25, 0.3) is 5.92 Å². The molecule has 0 bridgehead atoms. The molecule has 1 aromatic rings. The molecule has 0 amide bonds. The molecule has 1 rings (SSSR count). The zero-order chi connectivity index (χ0) is 15.2. The van der Waals surface area contributed by atoms with Crippen molar-refractivity contribution < 1.29 is 28.5 Å². The number of rotatable bonds is 8. The number of nitrogens with one attached hydrogen (secondary N) is 1. The first-order valence-electron chi connectivity index (χ1n) is 6.03. The van der Waals surface area contributed by atoms with Crippen molar-refractivity contribution in [2.45, 2.75) is 12.0 Å². The molecule has 0 fully saturated rings. The standard InChI is InChI=1S/C13H19F2NO4/c1-19-9-3-4-12(20-2)10(5-9)11(18)6-16-7-13(14,15)8-17/h3-5,11,16-18H,6-8H2,1-2H3. The van der Waals surface area contributed by atoms with Crippen LogP contribution in [0.2, 0.25) is 0 Å². The molecule has 3 N–H and O–H groups in total. The summed E-state index contributed by atoms with van der Waals surface area (Å²) in [6, 6.07) is 4.87. The summed E-state index contributed by atoms with van der Waals surface area (Å²) in [4.78, 5) is 0. The van der Waals surface area contributed by atoms with Crippen molar-refractivity contribution in [3.63, 3.8) is 0 Å². The summed E-state index contributed by atoms with van der Waals surface area (Å²) in [6.07, 6.45) is -1.03. The van der Waals surface area contributed by atoms with Crippen molar-refractivity contribution in [3.8, 4) is 11.5 Å². The fourth-order valence-corrected chi connectivity index (χ4v) is 1.66. The van der Waals surface area contributed by atoms with E-state index in [1.54, 1.807) is 18.2 Å². The largest absolute Gasteiger partial charge is 0.497 e. The van der Waals surface area contributed by atoms with Gasteiger partial charge in [-0.05, 0) is 18.2 Å². The Hall–Kier alpha value is -1.44. The lowest BCUT2D eigenvalue weighted by atomic mass is 10.1. The molecule has 114 valence electrons. The zero-order valence-corrected chi connectivity index (χ0v) is 11.4. The van der Waals surface area contributed by atoms with Crippen LogP contribution >= 0.6 is 0 Å². The van der Waals surface area contributed by atoms with Crippen LogP contribution in [0.4, 0.5) is 8.78 Å². The van der Waals surface area contributed by atoms with E-state index in [0.717, 1.165) is 0 Å². The highest BCUT2D eigenvalue weighted by Crippen LogP contribution is 2.29. The second-order valence-corrected chi connectivity index (χ2v) is 4.27. The molecule has 0 aliphatic heterocycles. The summed E-state index contributed by atoms with van der Waals surface area (Å²) >= 11 is 0. The maximum Gasteiger partial charge on any atom is 0.282 e. The van der Waals surface area contributed by atoms with Crippen molar-refractivity contribution >= 4 is 0 Å². The van der Waals surface area contributed by atoms with Crippen molar-refractivity contribution in [2.75, 3.05) is 33.9 Å². The van der Waals surface area contributed by atoms with Crippen LogP contribution in [0.5, 0.6) is 11.5 Å². The van der Waals surface area contributed by atoms with Crippen LogP contribution in [0.1, 0.15) is 11.7 Å². The lowest BCUT2D eigenvalue weighted by molar-refractivity contribution is -0.0489. The van der Waals surface area contributed by atoms with Gasteiger partial charge < -0.3 is 25.0 Å². The first-order valence-corrected chi connectivity index (χ1v) is 6.03. The molecule has 5 nitrogen and oxygen atoms in total. The Kier molecular flexibility index (Phi) is 6.12. The van der Waals surface area contributed by atoms with E-state index in [2.05, 4.69) is 5.32 Å². The fourth-order valence-electron chi connectivity index (χ4n) is 1.66. The summed E-state index contributed by atoms with van der Waals surface area (Å²) in [5, 5.41) is 20.9. The van der Waals surface area contributed by atoms with Gasteiger partial charge in [-0.1, -0.05) is 0 Å². The van der Waals surface area contributed by atoms with Crippen LogP contribution in [0.25, 0.3) is 0 Å². The van der Waals surface area contributed by atoms with Gasteiger partial charge in [0.1, 0.15) is 18.1 Å². The second kappa shape index (κ2) is 7.37. The number of hydrogen-bond acceptors (Lipinski definition) is 5. The number of aliphatic hydroxyl groups excluding tert-OH is 2. The van der Waals surface area contributed by atoms with Gasteiger partial charge in [-0.2, -0.15) is 0 Å². The molecule has 0 aromatic heterocycles. The highest BCUT2D eigenvalue weighted by Gasteiger charge is 2.27. The van der Waals surface area contributed by atoms with Crippen LogP contribution < -0.4 is 14.8 Å². The lowest BCUT2D eigenvalue weighted by Gasteiger charge is -2.18. The van der Waals surface area contributed by atoms with E-state index >= 15 is 0 Å². The SMILES string of the molecule is COc1ccc(OC)c(C(O)CNCC(F)(F)CO)c1. The molecule has 20 heavy (non-hydrogen) atoms. The monoisotopic (exact) mass is 291 g/mol. The highest BCUT2D eigenvalue weighted by molar-refractivity contribution is 5.41. The molecule has 0 aliphatic rings. The van der Waals surface area contributed by atoms with Gasteiger partial charge in [0.05, 0.1) is 26.9 Å². The third-order valence-corrected chi connectivity index (χ3v) is 2.75. The smallest absolute Gasteiger partial charge is 0.282 e. The summed E-state index contributed by atoms with van der Waals surface area (Å²) in [7, 11) is 2.93. The number of halogens is 2. The molecule has 0 saturated heterocycles. The first kappa shape index (κ1) is 16.6. The minimum absolute atomic E-state index is 0.0981. The Morgan fingerprint density at radius 3 is 2.55 bits per heavy atom. The number of ether oxygens (including phenoxy) is 2. The lowest BCUT2D eigenvalue weighted by Crippen LogP contribution is -2.37. The third-order valence-electron chi connectivity index (χ3n) is 2.75. The van der Waals surface area contributed by atoms with Gasteiger partial charge >= 0.3 is 0 Å². The molecule has 0 radical (unpaired) electrons. The van der Waals surface area contributed by atoms with Crippen molar-refractivity contribution in [1.82, 2.24) is 5.32 Å². The molecule has 0 heterocycles. The van der Waals surface area contributed by atoms with Crippen LogP contribution in [-0.2, 0) is 0 Å². The molecular formula is C13H19F2NO4. The Morgan fingerprint density at radius 2 is 2.00 bits per heavy atom. The molecule has 0 saturated carbocycles. The Morgan fingerprint density at radius 1 is 1.30 bits per heavy atom. The Bertz CT molecular complexity index is 429. The fraction of sp³-hybridized carbons (Fsp3) is 0.538. The first-order chi connectivity index (χ1) is 9.43. The van der Waals surface area contributed by atoms with Gasteiger partial charge in [-0.25, -0.2) is 8.78 Å². The Balaban J connectivity index is 2.69. The summed E-state index contributed by atoms with van der Waals surface area (Å²) in [5.74, 6) is -2.24. The van der Waals surface area contributed by atoms with Gasteiger partial charge in [0, 0.05) is 12.1 Å². The molecule has 1 atom stereocenters. The van der Waals surface area contributed by atoms with E-state index in [9.17, 15) is 13.9 Å². The van der Waals surface area contributed by atoms with E-state index in [-0.39, 0.29) is 6.54 Å². The number of methoxy groups -OCH3 is 2. The van der Waals surface area contributed by atoms with Crippen LogP contribution in [0.3, 0.4) is 0 Å². The average Bonchev–Trinajstić information content (AvgIpc) is 2.46. The summed E-state index contributed by atoms with van der Waals surface area (Å²) < 4.78 is 35.8. The minimum Gasteiger partial charge on any atom is -0.497 e. The summed E-state index contributed by atoms with van der Waals surface area (Å²) in [5.41, 5.74) is 0.437.